The summed E-state index contributed by atoms with van der Waals surface area (Å²) in [6.45, 7) is 3.81. The summed E-state index contributed by atoms with van der Waals surface area (Å²) in [5.74, 6) is 0.704. The van der Waals surface area contributed by atoms with E-state index in [1.807, 2.05) is 37.3 Å². The van der Waals surface area contributed by atoms with Gasteiger partial charge in [0, 0.05) is 23.7 Å². The molecule has 0 unspecified atom stereocenters. The van der Waals surface area contributed by atoms with Crippen molar-refractivity contribution in [1.29, 1.82) is 0 Å². The molecule has 2 aliphatic heterocycles. The number of ether oxygens (including phenoxy) is 1. The summed E-state index contributed by atoms with van der Waals surface area (Å²) < 4.78 is 36.3. The molecule has 2 aromatic carbocycles. The van der Waals surface area contributed by atoms with Gasteiger partial charge in [-0.2, -0.15) is 0 Å². The molecule has 2 fully saturated rings. The van der Waals surface area contributed by atoms with Gasteiger partial charge in [-0.1, -0.05) is 56.0 Å². The van der Waals surface area contributed by atoms with Crippen molar-refractivity contribution >= 4 is 33.2 Å². The molecule has 1 amide bonds. The molecule has 9 heteroatoms. The van der Waals surface area contributed by atoms with E-state index in [9.17, 15) is 18.3 Å². The summed E-state index contributed by atoms with van der Waals surface area (Å²) in [5.41, 5.74) is 3.36. The molecule has 6 rings (SSSR count). The van der Waals surface area contributed by atoms with E-state index < -0.39 is 27.3 Å². The van der Waals surface area contributed by atoms with Gasteiger partial charge in [0.05, 0.1) is 17.0 Å². The first-order valence-electron chi connectivity index (χ1n) is 16.4. The van der Waals surface area contributed by atoms with Gasteiger partial charge in [0.25, 0.3) is 5.91 Å². The number of allylic oxidation sites excluding steroid dienone is 1. The zero-order valence-corrected chi connectivity index (χ0v) is 27.2. The van der Waals surface area contributed by atoms with Gasteiger partial charge in [0.2, 0.25) is 10.0 Å². The number of halogens is 1. The van der Waals surface area contributed by atoms with Crippen LogP contribution in [0.15, 0.2) is 48.6 Å². The predicted molar refractivity (Wildman–Crippen MR) is 175 cm³/mol. The largest absolute Gasteiger partial charge is 0.487 e. The van der Waals surface area contributed by atoms with Gasteiger partial charge in [-0.05, 0) is 110 Å². The average molecular weight is 641 g/mol. The van der Waals surface area contributed by atoms with Crippen LogP contribution in [0, 0.1) is 23.7 Å². The molecule has 2 bridgehead atoms. The molecule has 4 aliphatic rings. The number of hydrogen-bond donors (Lipinski definition) is 2. The normalized spacial score (nSPS) is 30.2. The van der Waals surface area contributed by atoms with Crippen LogP contribution >= 0.6 is 11.6 Å². The van der Waals surface area contributed by atoms with E-state index in [4.69, 9.17) is 16.3 Å². The van der Waals surface area contributed by atoms with Crippen LogP contribution in [-0.2, 0) is 23.1 Å². The van der Waals surface area contributed by atoms with Gasteiger partial charge in [0.15, 0.2) is 0 Å². The minimum Gasteiger partial charge on any atom is -0.487 e. The van der Waals surface area contributed by atoms with Crippen LogP contribution in [0.5, 0.6) is 5.75 Å². The summed E-state index contributed by atoms with van der Waals surface area (Å²) in [6.07, 6.45) is 12.4. The minimum atomic E-state index is -3.93. The van der Waals surface area contributed by atoms with Crippen LogP contribution in [0.2, 0.25) is 5.02 Å². The van der Waals surface area contributed by atoms with Gasteiger partial charge < -0.3 is 14.7 Å². The fourth-order valence-electron chi connectivity index (χ4n) is 7.15. The second-order valence-corrected chi connectivity index (χ2v) is 15.8. The molecule has 2 aliphatic carbocycles. The zero-order valence-electron chi connectivity index (χ0n) is 25.6. The van der Waals surface area contributed by atoms with Crippen LogP contribution in [-0.4, -0.2) is 43.9 Å². The minimum absolute atomic E-state index is 0.148. The topological polar surface area (TPSA) is 95.9 Å². The molecular formula is C35H45ClN2O5S. The molecule has 2 N–H and O–H groups in total. The number of carbonyl (C=O) groups is 1. The van der Waals surface area contributed by atoms with Gasteiger partial charge in [-0.3, -0.25) is 4.79 Å². The predicted octanol–water partition coefficient (Wildman–Crippen LogP) is 6.66. The van der Waals surface area contributed by atoms with Gasteiger partial charge >= 0.3 is 0 Å². The Kier molecular flexibility index (Phi) is 9.60. The molecule has 2 saturated carbocycles. The maximum atomic E-state index is 13.7. The highest BCUT2D eigenvalue weighted by molar-refractivity contribution is 7.90. The Labute approximate surface area is 267 Å². The van der Waals surface area contributed by atoms with E-state index in [0.29, 0.717) is 47.6 Å². The third kappa shape index (κ3) is 7.29. The van der Waals surface area contributed by atoms with E-state index in [2.05, 4.69) is 9.62 Å². The van der Waals surface area contributed by atoms with Crippen LogP contribution in [0.4, 0.5) is 5.69 Å². The molecule has 0 radical (unpaired) electrons. The number of rotatable bonds is 2. The maximum Gasteiger partial charge on any atom is 0.264 e. The number of hydrogen-bond acceptors (Lipinski definition) is 6. The second kappa shape index (κ2) is 13.4. The highest BCUT2D eigenvalue weighted by Gasteiger charge is 2.39. The Balaban J connectivity index is 1.37. The van der Waals surface area contributed by atoms with Gasteiger partial charge in [-0.15, -0.1) is 0 Å². The fourth-order valence-corrected chi connectivity index (χ4v) is 9.12. The summed E-state index contributed by atoms with van der Waals surface area (Å²) in [7, 11) is -3.93. The molecule has 2 heterocycles. The number of amides is 1. The first kappa shape index (κ1) is 31.4. The quantitative estimate of drug-likeness (QED) is 0.356. The molecule has 2 aromatic rings. The van der Waals surface area contributed by atoms with Crippen molar-refractivity contribution in [2.24, 2.45) is 23.7 Å². The van der Waals surface area contributed by atoms with Crippen LogP contribution < -0.4 is 14.4 Å². The second-order valence-electron chi connectivity index (χ2n) is 13.5. The Morgan fingerprint density at radius 3 is 2.66 bits per heavy atom. The van der Waals surface area contributed by atoms with Crippen molar-refractivity contribution in [3.8, 4) is 5.75 Å². The molecule has 0 aromatic heterocycles. The van der Waals surface area contributed by atoms with Crippen molar-refractivity contribution in [3.05, 3.63) is 70.3 Å². The van der Waals surface area contributed by atoms with Crippen LogP contribution in [0.3, 0.4) is 0 Å². The van der Waals surface area contributed by atoms with E-state index in [1.165, 1.54) is 5.56 Å². The van der Waals surface area contributed by atoms with Crippen LogP contribution in [0.25, 0.3) is 0 Å². The summed E-state index contributed by atoms with van der Waals surface area (Å²) in [4.78, 5) is 15.9. The lowest BCUT2D eigenvalue weighted by Crippen LogP contribution is -2.44. The lowest BCUT2D eigenvalue weighted by Gasteiger charge is -2.42. The number of sulfonamides is 1. The van der Waals surface area contributed by atoms with E-state index >= 15 is 0 Å². The van der Waals surface area contributed by atoms with Crippen molar-refractivity contribution in [3.63, 3.8) is 0 Å². The van der Waals surface area contributed by atoms with Crippen molar-refractivity contribution in [1.82, 2.24) is 4.72 Å². The monoisotopic (exact) mass is 640 g/mol. The first-order valence-corrected chi connectivity index (χ1v) is 18.3. The van der Waals surface area contributed by atoms with Gasteiger partial charge in [0.1, 0.15) is 12.4 Å². The third-order valence-corrected chi connectivity index (χ3v) is 12.4. The number of anilines is 1. The molecule has 44 heavy (non-hydrogen) atoms. The number of aliphatic hydroxyl groups is 1. The number of fused-ring (bicyclic) bond motifs is 3. The first-order chi connectivity index (χ1) is 21.2. The zero-order chi connectivity index (χ0) is 30.8. The summed E-state index contributed by atoms with van der Waals surface area (Å²) >= 11 is 6.33. The number of nitrogens with one attached hydrogen (secondary N) is 1. The Bertz CT molecular complexity index is 1490. The number of benzene rings is 2. The molecule has 7 nitrogen and oxygen atoms in total. The average Bonchev–Trinajstić information content (AvgIpc) is 3.79. The number of nitrogens with zero attached hydrogens (tertiary/aromatic N) is 1. The molecular weight excluding hydrogens is 596 g/mol. The lowest BCUT2D eigenvalue weighted by atomic mass is 9.70. The highest BCUT2D eigenvalue weighted by atomic mass is 35.5. The van der Waals surface area contributed by atoms with Crippen molar-refractivity contribution in [2.75, 3.05) is 18.0 Å². The molecule has 238 valence electrons. The van der Waals surface area contributed by atoms with Crippen molar-refractivity contribution < 1.29 is 23.1 Å². The fraction of sp³-hybridized carbons (Fsp3) is 0.571. The molecule has 0 spiro atoms. The van der Waals surface area contributed by atoms with E-state index in [-0.39, 0.29) is 11.8 Å². The Morgan fingerprint density at radius 2 is 1.89 bits per heavy atom. The number of carbonyl (C=O) groups excluding carboxylic acids is 1. The summed E-state index contributed by atoms with van der Waals surface area (Å²) in [5, 5.41) is 11.2. The highest BCUT2D eigenvalue weighted by Crippen LogP contribution is 2.41. The number of aryl methyl sites for hydroxylation is 1. The van der Waals surface area contributed by atoms with Gasteiger partial charge in [-0.25, -0.2) is 13.1 Å². The molecule has 5 atom stereocenters. The van der Waals surface area contributed by atoms with Crippen LogP contribution in [0.1, 0.15) is 86.2 Å². The van der Waals surface area contributed by atoms with E-state index in [1.54, 1.807) is 18.2 Å². The van der Waals surface area contributed by atoms with E-state index in [0.717, 1.165) is 75.7 Å². The SMILES string of the molecule is C[C@H]1C/C=C/[C@H](O)[C@@H]2CC[C@H]2CN2CCCCCc3cc(Cl)ccc3COc3ccc(cc32)C(=O)NS(=O)(=O)[C@@H]1CC1CC1. The van der Waals surface area contributed by atoms with Crippen molar-refractivity contribution in [2.45, 2.75) is 89.1 Å². The summed E-state index contributed by atoms with van der Waals surface area (Å²) in [6, 6.07) is 11.2. The Hall–Kier alpha value is -2.55. The molecule has 0 saturated heterocycles. The maximum absolute atomic E-state index is 13.7. The number of aliphatic hydroxyl groups excluding tert-OH is 1. The Morgan fingerprint density at radius 1 is 1.05 bits per heavy atom. The lowest BCUT2D eigenvalue weighted by molar-refractivity contribution is 0.0460. The third-order valence-electron chi connectivity index (χ3n) is 10.2. The smallest absolute Gasteiger partial charge is 0.264 e. The standard InChI is InChI=1S/C35H45ClN2O5S/c1-23-6-5-8-32(39)30-15-12-27(30)21-38-17-4-2-3-7-25-19-29(36)14-11-28(25)22-43-33-16-13-26(20-31(33)38)35(40)37-44(41,42)34(23)18-24-9-10-24/h5,8,11,13-14,16,19-20,23-24,27,30,32,34,39H,2-4,6-7,9-10,12,15,17-18,21-22H2,1H3,(H,37,40)/b8-5+/t23-,27-,30+,32-,34+/m0/s1.